The Morgan fingerprint density at radius 1 is 1.47 bits per heavy atom. The lowest BCUT2D eigenvalue weighted by atomic mass is 10.0. The Labute approximate surface area is 111 Å². The summed E-state index contributed by atoms with van der Waals surface area (Å²) in [4.78, 5) is 23.7. The Balaban J connectivity index is 2.07. The second-order valence-corrected chi connectivity index (χ2v) is 4.44. The molecule has 5 heteroatoms. The first-order valence-electron chi connectivity index (χ1n) is 6.30. The molecule has 0 spiro atoms. The molecule has 5 nitrogen and oxygen atoms in total. The maximum Gasteiger partial charge on any atom is 0.318 e. The monoisotopic (exact) mass is 263 g/mol. The average molecular weight is 263 g/mol. The molecule has 0 radical (unpaired) electrons. The van der Waals surface area contributed by atoms with E-state index in [1.165, 1.54) is 7.11 Å². The number of hydrogen-bond donors (Lipinski definition) is 1. The molecule has 1 fully saturated rings. The zero-order valence-corrected chi connectivity index (χ0v) is 11.0. The highest BCUT2D eigenvalue weighted by Gasteiger charge is 2.38. The Kier molecular flexibility index (Phi) is 4.04. The molecule has 102 valence electrons. The number of carbonyl (C=O) groups is 2. The van der Waals surface area contributed by atoms with Gasteiger partial charge in [0, 0.05) is 6.42 Å². The van der Waals surface area contributed by atoms with Crippen LogP contribution in [0.25, 0.3) is 0 Å². The second kappa shape index (κ2) is 5.73. The summed E-state index contributed by atoms with van der Waals surface area (Å²) < 4.78 is 10.3. The zero-order chi connectivity index (χ0) is 13.8. The number of carbonyl (C=O) groups excluding carboxylic acids is 2. The number of cyclic esters (lactones) is 1. The molecule has 1 N–H and O–H groups in total. The van der Waals surface area contributed by atoms with Crippen molar-refractivity contribution in [1.82, 2.24) is 0 Å². The molecule has 1 saturated heterocycles. The van der Waals surface area contributed by atoms with E-state index in [1.54, 1.807) is 18.2 Å². The van der Waals surface area contributed by atoms with Crippen LogP contribution in [0.15, 0.2) is 24.3 Å². The average Bonchev–Trinajstić information content (AvgIpc) is 2.80. The number of esters is 1. The van der Waals surface area contributed by atoms with E-state index in [-0.39, 0.29) is 12.0 Å². The van der Waals surface area contributed by atoms with E-state index in [0.29, 0.717) is 17.9 Å². The van der Waals surface area contributed by atoms with Gasteiger partial charge in [0.05, 0.1) is 12.8 Å². The molecule has 0 aromatic heterocycles. The minimum absolute atomic E-state index is 0.152. The van der Waals surface area contributed by atoms with Gasteiger partial charge in [-0.1, -0.05) is 19.1 Å². The maximum absolute atomic E-state index is 12.1. The molecule has 0 unspecified atom stereocenters. The molecule has 1 aromatic carbocycles. The fourth-order valence-corrected chi connectivity index (χ4v) is 2.09. The van der Waals surface area contributed by atoms with Crippen LogP contribution in [0.1, 0.15) is 19.8 Å². The first-order valence-corrected chi connectivity index (χ1v) is 6.30. The van der Waals surface area contributed by atoms with Gasteiger partial charge in [-0.15, -0.1) is 0 Å². The Morgan fingerprint density at radius 3 is 2.84 bits per heavy atom. The summed E-state index contributed by atoms with van der Waals surface area (Å²) in [6.07, 6.45) is 1.02. The van der Waals surface area contributed by atoms with Crippen molar-refractivity contribution in [2.45, 2.75) is 25.9 Å². The SMILES string of the molecule is CC[C@@H]1C[C@H](C(=O)Nc2ccccc2OC)C(=O)O1. The van der Waals surface area contributed by atoms with Gasteiger partial charge in [0.2, 0.25) is 5.91 Å². The van der Waals surface area contributed by atoms with Gasteiger partial charge < -0.3 is 14.8 Å². The van der Waals surface area contributed by atoms with Gasteiger partial charge in [-0.3, -0.25) is 9.59 Å². The number of nitrogens with one attached hydrogen (secondary N) is 1. The third kappa shape index (κ3) is 2.86. The quantitative estimate of drug-likeness (QED) is 0.666. The highest BCUT2D eigenvalue weighted by atomic mass is 16.6. The van der Waals surface area contributed by atoms with Gasteiger partial charge in [0.15, 0.2) is 0 Å². The molecule has 1 amide bonds. The van der Waals surface area contributed by atoms with Gasteiger partial charge in [-0.25, -0.2) is 0 Å². The number of rotatable bonds is 4. The summed E-state index contributed by atoms with van der Waals surface area (Å²) >= 11 is 0. The lowest BCUT2D eigenvalue weighted by molar-refractivity contribution is -0.146. The topological polar surface area (TPSA) is 64.6 Å². The highest BCUT2D eigenvalue weighted by Crippen LogP contribution is 2.27. The molecule has 19 heavy (non-hydrogen) atoms. The van der Waals surface area contributed by atoms with Crippen LogP contribution >= 0.6 is 0 Å². The summed E-state index contributed by atoms with van der Waals surface area (Å²) in [5.41, 5.74) is 0.558. The van der Waals surface area contributed by atoms with E-state index >= 15 is 0 Å². The van der Waals surface area contributed by atoms with Crippen molar-refractivity contribution < 1.29 is 19.1 Å². The van der Waals surface area contributed by atoms with Gasteiger partial charge in [0.1, 0.15) is 17.8 Å². The number of methoxy groups -OCH3 is 1. The van der Waals surface area contributed by atoms with E-state index in [1.807, 2.05) is 13.0 Å². The molecule has 1 aliphatic rings. The second-order valence-electron chi connectivity index (χ2n) is 4.44. The highest BCUT2D eigenvalue weighted by molar-refractivity contribution is 6.06. The number of para-hydroxylation sites is 2. The first kappa shape index (κ1) is 13.4. The molecular weight excluding hydrogens is 246 g/mol. The van der Waals surface area contributed by atoms with Crippen molar-refractivity contribution in [3.8, 4) is 5.75 Å². The first-order chi connectivity index (χ1) is 9.15. The van der Waals surface area contributed by atoms with Crippen LogP contribution in [0, 0.1) is 5.92 Å². The lowest BCUT2D eigenvalue weighted by Crippen LogP contribution is -2.26. The minimum atomic E-state index is -0.727. The van der Waals surface area contributed by atoms with Crippen LogP contribution in [0.2, 0.25) is 0 Å². The fraction of sp³-hybridized carbons (Fsp3) is 0.429. The molecule has 2 rings (SSSR count). The number of anilines is 1. The molecule has 0 aliphatic carbocycles. The van der Waals surface area contributed by atoms with Crippen molar-refractivity contribution in [2.75, 3.05) is 12.4 Å². The molecule has 0 saturated carbocycles. The fourth-order valence-electron chi connectivity index (χ4n) is 2.09. The van der Waals surface area contributed by atoms with Crippen molar-refractivity contribution in [2.24, 2.45) is 5.92 Å². The van der Waals surface area contributed by atoms with E-state index < -0.39 is 11.9 Å². The Hall–Kier alpha value is -2.04. The summed E-state index contributed by atoms with van der Waals surface area (Å²) in [6.45, 7) is 1.93. The summed E-state index contributed by atoms with van der Waals surface area (Å²) in [7, 11) is 1.53. The third-order valence-electron chi connectivity index (χ3n) is 3.20. The van der Waals surface area contributed by atoms with Gasteiger partial charge in [-0.05, 0) is 18.6 Å². The maximum atomic E-state index is 12.1. The van der Waals surface area contributed by atoms with Gasteiger partial charge in [-0.2, -0.15) is 0 Å². The Morgan fingerprint density at radius 2 is 2.21 bits per heavy atom. The van der Waals surface area contributed by atoms with Crippen molar-refractivity contribution in [3.05, 3.63) is 24.3 Å². The van der Waals surface area contributed by atoms with E-state index in [4.69, 9.17) is 9.47 Å². The lowest BCUT2D eigenvalue weighted by Gasteiger charge is -2.11. The summed E-state index contributed by atoms with van der Waals surface area (Å²) in [5, 5.41) is 2.71. The minimum Gasteiger partial charge on any atom is -0.495 e. The number of hydrogen-bond acceptors (Lipinski definition) is 4. The Bertz CT molecular complexity index is 486. The standard InChI is InChI=1S/C14H17NO4/c1-3-9-8-10(14(17)19-9)13(16)15-11-6-4-5-7-12(11)18-2/h4-7,9-10H,3,8H2,1-2H3,(H,15,16)/t9-,10-/m1/s1. The molecule has 0 bridgehead atoms. The van der Waals surface area contributed by atoms with E-state index in [0.717, 1.165) is 6.42 Å². The van der Waals surface area contributed by atoms with Crippen LogP contribution in [-0.4, -0.2) is 25.1 Å². The molecular formula is C14H17NO4. The summed E-state index contributed by atoms with van der Waals surface area (Å²) in [6, 6.07) is 7.08. The smallest absolute Gasteiger partial charge is 0.318 e. The van der Waals surface area contributed by atoms with Crippen LogP contribution in [0.4, 0.5) is 5.69 Å². The summed E-state index contributed by atoms with van der Waals surface area (Å²) in [5.74, 6) is -0.950. The van der Waals surface area contributed by atoms with Crippen LogP contribution in [-0.2, 0) is 14.3 Å². The zero-order valence-electron chi connectivity index (χ0n) is 11.0. The number of ether oxygens (including phenoxy) is 2. The molecule has 2 atom stereocenters. The largest absolute Gasteiger partial charge is 0.495 e. The number of benzene rings is 1. The molecule has 1 heterocycles. The predicted octanol–water partition coefficient (Wildman–Crippen LogP) is 1.98. The normalized spacial score (nSPS) is 21.9. The van der Waals surface area contributed by atoms with Crippen LogP contribution in [0.5, 0.6) is 5.75 Å². The molecule has 1 aromatic rings. The van der Waals surface area contributed by atoms with E-state index in [2.05, 4.69) is 5.32 Å². The van der Waals surface area contributed by atoms with Gasteiger partial charge in [0.25, 0.3) is 0 Å². The number of amides is 1. The molecule has 1 aliphatic heterocycles. The van der Waals surface area contributed by atoms with E-state index in [9.17, 15) is 9.59 Å². The van der Waals surface area contributed by atoms with Crippen LogP contribution in [0.3, 0.4) is 0 Å². The van der Waals surface area contributed by atoms with Crippen molar-refractivity contribution >= 4 is 17.6 Å². The van der Waals surface area contributed by atoms with Gasteiger partial charge >= 0.3 is 5.97 Å². The van der Waals surface area contributed by atoms with Crippen LogP contribution < -0.4 is 10.1 Å². The van der Waals surface area contributed by atoms with Crippen molar-refractivity contribution in [3.63, 3.8) is 0 Å². The predicted molar refractivity (Wildman–Crippen MR) is 69.9 cm³/mol. The van der Waals surface area contributed by atoms with Crippen molar-refractivity contribution in [1.29, 1.82) is 0 Å². The third-order valence-corrected chi connectivity index (χ3v) is 3.20.